The third-order valence-corrected chi connectivity index (χ3v) is 6.82. The molecule has 10 nitrogen and oxygen atoms in total. The fourth-order valence-electron chi connectivity index (χ4n) is 4.88. The van der Waals surface area contributed by atoms with Gasteiger partial charge < -0.3 is 25.5 Å². The molecule has 3 aromatic rings. The molecule has 0 bridgehead atoms. The van der Waals surface area contributed by atoms with Gasteiger partial charge in [0.15, 0.2) is 0 Å². The first-order chi connectivity index (χ1) is 18.6. The van der Waals surface area contributed by atoms with Gasteiger partial charge in [-0.3, -0.25) is 14.3 Å². The predicted octanol–water partition coefficient (Wildman–Crippen LogP) is 2.65. The topological polar surface area (TPSA) is 138 Å². The van der Waals surface area contributed by atoms with Crippen LogP contribution in [0.4, 0.5) is 0 Å². The van der Waals surface area contributed by atoms with E-state index in [0.29, 0.717) is 17.7 Å². The Balaban J connectivity index is 1.49. The zero-order valence-corrected chi connectivity index (χ0v) is 22.8. The van der Waals surface area contributed by atoms with Crippen LogP contribution in [-0.4, -0.2) is 62.6 Å². The lowest BCUT2D eigenvalue weighted by molar-refractivity contribution is -0.144. The second-order valence-corrected chi connectivity index (χ2v) is 10.8. The molecule has 4 N–H and O–H groups in total. The van der Waals surface area contributed by atoms with Crippen LogP contribution in [0.25, 0.3) is 10.9 Å². The number of hydrogen-bond donors (Lipinski definition) is 4. The number of fused-ring (bicyclic) bond motifs is 1. The standard InChI is InChI=1S/C28H36BN5O5/c1-18(2)13-25(29(37)38)32-27(36)28(14-20-9-6-5-7-10-20)15-21(33-39-28)16-30-26(35)22-11-8-12-24-23(22)17-31-34(24)19(3)4/h5-12,17-19,25,37-38H,13-16H2,1-4H3,(H,30,35)(H,32,36). The van der Waals surface area contributed by atoms with E-state index in [4.69, 9.17) is 4.84 Å². The minimum Gasteiger partial charge on any atom is -0.426 e. The lowest BCUT2D eigenvalue weighted by Gasteiger charge is -2.29. The molecule has 4 rings (SSSR count). The van der Waals surface area contributed by atoms with Gasteiger partial charge in [-0.25, -0.2) is 0 Å². The van der Waals surface area contributed by atoms with Crippen LogP contribution in [-0.2, 0) is 16.1 Å². The number of hydrogen-bond acceptors (Lipinski definition) is 7. The molecule has 0 saturated heterocycles. The average Bonchev–Trinajstić information content (AvgIpc) is 3.52. The minimum atomic E-state index is -1.71. The highest BCUT2D eigenvalue weighted by Crippen LogP contribution is 2.30. The molecule has 2 atom stereocenters. The maximum atomic E-state index is 13.5. The number of benzene rings is 2. The summed E-state index contributed by atoms with van der Waals surface area (Å²) in [4.78, 5) is 32.5. The van der Waals surface area contributed by atoms with Crippen molar-refractivity contribution in [3.63, 3.8) is 0 Å². The van der Waals surface area contributed by atoms with Crippen molar-refractivity contribution in [3.05, 3.63) is 65.9 Å². The van der Waals surface area contributed by atoms with Gasteiger partial charge in [0.05, 0.1) is 35.5 Å². The average molecular weight is 533 g/mol. The van der Waals surface area contributed by atoms with Gasteiger partial charge in [-0.1, -0.05) is 55.4 Å². The Morgan fingerprint density at radius 3 is 2.51 bits per heavy atom. The monoisotopic (exact) mass is 533 g/mol. The molecule has 1 aliphatic heterocycles. The zero-order chi connectivity index (χ0) is 28.2. The van der Waals surface area contributed by atoms with Gasteiger partial charge in [-0.2, -0.15) is 5.10 Å². The number of carbonyl (C=O) groups excluding carboxylic acids is 2. The smallest absolute Gasteiger partial charge is 0.426 e. The largest absolute Gasteiger partial charge is 0.475 e. The highest BCUT2D eigenvalue weighted by atomic mass is 16.7. The van der Waals surface area contributed by atoms with E-state index in [1.165, 1.54) is 0 Å². The number of nitrogens with one attached hydrogen (secondary N) is 2. The molecule has 2 heterocycles. The second kappa shape index (κ2) is 12.0. The molecule has 0 fully saturated rings. The first-order valence-corrected chi connectivity index (χ1v) is 13.3. The van der Waals surface area contributed by atoms with Crippen LogP contribution < -0.4 is 10.6 Å². The normalized spacial score (nSPS) is 17.7. The van der Waals surface area contributed by atoms with Crippen molar-refractivity contribution in [3.8, 4) is 0 Å². The molecular formula is C28H36BN5O5. The van der Waals surface area contributed by atoms with Gasteiger partial charge >= 0.3 is 7.12 Å². The molecule has 0 aliphatic carbocycles. The molecule has 1 aromatic heterocycles. The number of aromatic nitrogens is 2. The van der Waals surface area contributed by atoms with Crippen LogP contribution in [0.5, 0.6) is 0 Å². The van der Waals surface area contributed by atoms with Crippen molar-refractivity contribution in [2.75, 3.05) is 6.54 Å². The van der Waals surface area contributed by atoms with Crippen LogP contribution in [0.3, 0.4) is 0 Å². The molecule has 0 radical (unpaired) electrons. The van der Waals surface area contributed by atoms with Crippen LogP contribution >= 0.6 is 0 Å². The Hall–Kier alpha value is -3.70. The first kappa shape index (κ1) is 28.3. The fourth-order valence-corrected chi connectivity index (χ4v) is 4.88. The van der Waals surface area contributed by atoms with Gasteiger partial charge in [0.25, 0.3) is 11.8 Å². The molecule has 1 aliphatic rings. The molecule has 206 valence electrons. The van der Waals surface area contributed by atoms with Crippen molar-refractivity contribution >= 4 is 35.5 Å². The van der Waals surface area contributed by atoms with Gasteiger partial charge in [0, 0.05) is 24.3 Å². The lowest BCUT2D eigenvalue weighted by Crippen LogP contribution is -2.56. The van der Waals surface area contributed by atoms with E-state index in [1.54, 1.807) is 12.3 Å². The van der Waals surface area contributed by atoms with Gasteiger partial charge in [0.2, 0.25) is 5.60 Å². The van der Waals surface area contributed by atoms with Crippen molar-refractivity contribution in [1.29, 1.82) is 0 Å². The third kappa shape index (κ3) is 6.48. The van der Waals surface area contributed by atoms with Crippen LogP contribution in [0.2, 0.25) is 0 Å². The van der Waals surface area contributed by atoms with Gasteiger partial charge in [0.1, 0.15) is 0 Å². The molecule has 0 saturated carbocycles. The summed E-state index contributed by atoms with van der Waals surface area (Å²) in [5, 5.41) is 34.7. The maximum Gasteiger partial charge on any atom is 0.475 e. The Labute approximate surface area is 228 Å². The number of amides is 2. The van der Waals surface area contributed by atoms with E-state index in [-0.39, 0.29) is 37.3 Å². The zero-order valence-electron chi connectivity index (χ0n) is 22.8. The Morgan fingerprint density at radius 2 is 1.85 bits per heavy atom. The molecule has 2 amide bonds. The van der Waals surface area contributed by atoms with E-state index in [1.807, 2.05) is 74.8 Å². The van der Waals surface area contributed by atoms with Gasteiger partial charge in [-0.15, -0.1) is 0 Å². The summed E-state index contributed by atoms with van der Waals surface area (Å²) in [5.41, 5.74) is 1.36. The number of rotatable bonds is 11. The van der Waals surface area contributed by atoms with E-state index >= 15 is 0 Å². The predicted molar refractivity (Wildman–Crippen MR) is 150 cm³/mol. The summed E-state index contributed by atoms with van der Waals surface area (Å²) in [6.07, 6.45) is 2.44. The molecule has 11 heteroatoms. The van der Waals surface area contributed by atoms with Crippen LogP contribution in [0, 0.1) is 5.92 Å². The summed E-state index contributed by atoms with van der Waals surface area (Å²) >= 11 is 0. The Morgan fingerprint density at radius 1 is 1.10 bits per heavy atom. The first-order valence-electron chi connectivity index (χ1n) is 13.3. The third-order valence-electron chi connectivity index (χ3n) is 6.82. The Kier molecular flexibility index (Phi) is 8.71. The van der Waals surface area contributed by atoms with Crippen LogP contribution in [0.1, 0.15) is 62.5 Å². The Bertz CT molecular complexity index is 1340. The summed E-state index contributed by atoms with van der Waals surface area (Å²) in [6, 6.07) is 15.1. The summed E-state index contributed by atoms with van der Waals surface area (Å²) in [5.74, 6) is -1.49. The van der Waals surface area contributed by atoms with Gasteiger partial charge in [-0.05, 0) is 43.9 Å². The summed E-state index contributed by atoms with van der Waals surface area (Å²) in [7, 11) is -1.71. The highest BCUT2D eigenvalue weighted by Gasteiger charge is 2.48. The second-order valence-electron chi connectivity index (χ2n) is 10.8. The van der Waals surface area contributed by atoms with E-state index in [2.05, 4.69) is 20.9 Å². The molecular weight excluding hydrogens is 497 g/mol. The van der Waals surface area contributed by atoms with Crippen molar-refractivity contribution in [2.24, 2.45) is 11.1 Å². The molecule has 2 unspecified atom stereocenters. The fraction of sp³-hybridized carbons (Fsp3) is 0.429. The summed E-state index contributed by atoms with van der Waals surface area (Å²) in [6.45, 7) is 8.02. The van der Waals surface area contributed by atoms with E-state index in [0.717, 1.165) is 16.5 Å². The van der Waals surface area contributed by atoms with Crippen molar-refractivity contribution in [1.82, 2.24) is 20.4 Å². The van der Waals surface area contributed by atoms with E-state index in [9.17, 15) is 19.6 Å². The maximum absolute atomic E-state index is 13.5. The SMILES string of the molecule is CC(C)CC(NC(=O)C1(Cc2ccccc2)CC(CNC(=O)c2cccc3c2cnn3C(C)C)=NO1)B(O)O. The minimum absolute atomic E-state index is 0.0927. The quantitative estimate of drug-likeness (QED) is 0.280. The van der Waals surface area contributed by atoms with E-state index < -0.39 is 24.6 Å². The van der Waals surface area contributed by atoms with Crippen LogP contribution in [0.15, 0.2) is 59.9 Å². The number of oxime groups is 1. The number of nitrogens with zero attached hydrogens (tertiary/aromatic N) is 3. The molecule has 39 heavy (non-hydrogen) atoms. The lowest BCUT2D eigenvalue weighted by atomic mass is 9.74. The van der Waals surface area contributed by atoms with Crippen molar-refractivity contribution in [2.45, 2.75) is 64.5 Å². The summed E-state index contributed by atoms with van der Waals surface area (Å²) < 4.78 is 1.87. The number of carbonyl (C=O) groups is 2. The molecule has 0 spiro atoms. The van der Waals surface area contributed by atoms with Crippen molar-refractivity contribution < 1.29 is 24.5 Å². The molecule has 2 aromatic carbocycles. The highest BCUT2D eigenvalue weighted by molar-refractivity contribution is 6.43.